The normalized spacial score (nSPS) is 11.2. The fourth-order valence-corrected chi connectivity index (χ4v) is 4.26. The van der Waals surface area contributed by atoms with E-state index in [9.17, 15) is 18.5 Å². The number of aryl methyl sites for hydroxylation is 2. The van der Waals surface area contributed by atoms with Crippen LogP contribution in [0.2, 0.25) is 0 Å². The van der Waals surface area contributed by atoms with Gasteiger partial charge in [-0.2, -0.15) is 0 Å². The predicted molar refractivity (Wildman–Crippen MR) is 109 cm³/mol. The molecule has 0 N–H and O–H groups in total. The molecule has 0 aliphatic heterocycles. The first kappa shape index (κ1) is 19.6. The van der Waals surface area contributed by atoms with Gasteiger partial charge < -0.3 is 0 Å². The highest BCUT2D eigenvalue weighted by Crippen LogP contribution is 2.28. The summed E-state index contributed by atoms with van der Waals surface area (Å²) >= 11 is 0. The Labute approximate surface area is 164 Å². The van der Waals surface area contributed by atoms with Gasteiger partial charge in [-0.3, -0.25) is 14.4 Å². The van der Waals surface area contributed by atoms with E-state index >= 15 is 0 Å². The molecule has 28 heavy (non-hydrogen) atoms. The Kier molecular flexibility index (Phi) is 5.46. The number of nitrogens with zero attached hydrogens (tertiary/aromatic N) is 2. The monoisotopic (exact) mass is 396 g/mol. The molecule has 0 heterocycles. The highest BCUT2D eigenvalue weighted by atomic mass is 32.2. The van der Waals surface area contributed by atoms with Gasteiger partial charge in [-0.15, -0.1) is 0 Å². The summed E-state index contributed by atoms with van der Waals surface area (Å²) in [6, 6.07) is 19.8. The Hall–Kier alpha value is -3.19. The average molecular weight is 396 g/mol. The Balaban J connectivity index is 2.08. The summed E-state index contributed by atoms with van der Waals surface area (Å²) in [6.45, 7) is 4.00. The minimum Gasteiger partial charge on any atom is -0.262 e. The lowest BCUT2D eigenvalue weighted by molar-refractivity contribution is -0.385. The van der Waals surface area contributed by atoms with Crippen LogP contribution in [-0.4, -0.2) is 13.3 Å². The largest absolute Gasteiger partial charge is 0.270 e. The number of anilines is 1. The highest BCUT2D eigenvalue weighted by Gasteiger charge is 2.26. The first-order valence-corrected chi connectivity index (χ1v) is 10.1. The van der Waals surface area contributed by atoms with Crippen LogP contribution in [0.3, 0.4) is 0 Å². The molecule has 0 aliphatic carbocycles. The molecular formula is C21H20N2O4S. The molecule has 0 bridgehead atoms. The van der Waals surface area contributed by atoms with E-state index < -0.39 is 14.9 Å². The molecule has 0 fully saturated rings. The van der Waals surface area contributed by atoms with Crippen molar-refractivity contribution in [2.45, 2.75) is 25.3 Å². The number of sulfonamides is 1. The van der Waals surface area contributed by atoms with Crippen molar-refractivity contribution in [3.63, 3.8) is 0 Å². The molecule has 0 aromatic heterocycles. The van der Waals surface area contributed by atoms with Crippen LogP contribution in [0.5, 0.6) is 0 Å². The molecular weight excluding hydrogens is 376 g/mol. The number of benzene rings is 3. The maximum absolute atomic E-state index is 13.4. The topological polar surface area (TPSA) is 80.5 Å². The molecule has 0 radical (unpaired) electrons. The average Bonchev–Trinajstić information content (AvgIpc) is 2.68. The van der Waals surface area contributed by atoms with Crippen molar-refractivity contribution < 1.29 is 13.3 Å². The van der Waals surface area contributed by atoms with E-state index in [2.05, 4.69) is 0 Å². The lowest BCUT2D eigenvalue weighted by Crippen LogP contribution is -2.30. The zero-order valence-corrected chi connectivity index (χ0v) is 16.4. The number of hydrogen-bond donors (Lipinski definition) is 0. The van der Waals surface area contributed by atoms with E-state index in [1.165, 1.54) is 22.5 Å². The van der Waals surface area contributed by atoms with Crippen molar-refractivity contribution in [3.05, 3.63) is 99.6 Å². The number of non-ortho nitro benzene ring substituents is 1. The number of nitro benzene ring substituents is 1. The van der Waals surface area contributed by atoms with Gasteiger partial charge in [-0.05, 0) is 37.6 Å². The molecule has 6 nitrogen and oxygen atoms in total. The maximum Gasteiger partial charge on any atom is 0.270 e. The predicted octanol–water partition coefficient (Wildman–Crippen LogP) is 4.61. The Morgan fingerprint density at radius 1 is 0.893 bits per heavy atom. The summed E-state index contributed by atoms with van der Waals surface area (Å²) in [7, 11) is -4.00. The van der Waals surface area contributed by atoms with Crippen molar-refractivity contribution in [1.82, 2.24) is 0 Å². The zero-order valence-electron chi connectivity index (χ0n) is 15.6. The third kappa shape index (κ3) is 4.20. The standard InChI is InChI=1S/C21H20N2O4S/c1-16-6-10-18(11-7-16)15-22(19-12-8-17(2)9-13-19)28(26,27)21-5-3-4-20(14-21)23(24)25/h3-14H,15H2,1-2H3. The van der Waals surface area contributed by atoms with E-state index in [-0.39, 0.29) is 17.1 Å². The third-order valence-corrected chi connectivity index (χ3v) is 6.16. The minimum atomic E-state index is -4.00. The van der Waals surface area contributed by atoms with Crippen LogP contribution < -0.4 is 4.31 Å². The molecule has 3 rings (SSSR count). The molecule has 0 aliphatic rings. The molecule has 0 atom stereocenters. The van der Waals surface area contributed by atoms with Gasteiger partial charge in [0.2, 0.25) is 0 Å². The lowest BCUT2D eigenvalue weighted by Gasteiger charge is -2.25. The van der Waals surface area contributed by atoms with Crippen LogP contribution in [0.15, 0.2) is 77.7 Å². The lowest BCUT2D eigenvalue weighted by atomic mass is 10.1. The summed E-state index contributed by atoms with van der Waals surface area (Å²) in [5.74, 6) is 0. The Bertz CT molecular complexity index is 1090. The van der Waals surface area contributed by atoms with E-state index in [1.807, 2.05) is 50.2 Å². The molecule has 0 unspecified atom stereocenters. The fraction of sp³-hybridized carbons (Fsp3) is 0.143. The third-order valence-electron chi connectivity index (χ3n) is 4.39. The van der Waals surface area contributed by atoms with E-state index in [0.717, 1.165) is 22.8 Å². The SMILES string of the molecule is Cc1ccc(CN(c2ccc(C)cc2)S(=O)(=O)c2cccc([N+](=O)[O-])c2)cc1. The molecule has 144 valence electrons. The van der Waals surface area contributed by atoms with Crippen LogP contribution in [0.25, 0.3) is 0 Å². The van der Waals surface area contributed by atoms with Crippen LogP contribution in [-0.2, 0) is 16.6 Å². The van der Waals surface area contributed by atoms with Crippen LogP contribution in [0.4, 0.5) is 11.4 Å². The minimum absolute atomic E-state index is 0.116. The number of nitro groups is 1. The maximum atomic E-state index is 13.4. The highest BCUT2D eigenvalue weighted by molar-refractivity contribution is 7.92. The Morgan fingerprint density at radius 3 is 2.04 bits per heavy atom. The quantitative estimate of drug-likeness (QED) is 0.450. The fourth-order valence-electron chi connectivity index (χ4n) is 2.77. The second-order valence-corrected chi connectivity index (χ2v) is 8.45. The van der Waals surface area contributed by atoms with Crippen molar-refractivity contribution in [3.8, 4) is 0 Å². The summed E-state index contributed by atoms with van der Waals surface area (Å²) in [4.78, 5) is 10.4. The second-order valence-electron chi connectivity index (χ2n) is 6.59. The summed E-state index contributed by atoms with van der Waals surface area (Å²) in [6.07, 6.45) is 0. The van der Waals surface area contributed by atoms with Gasteiger partial charge in [0.25, 0.3) is 15.7 Å². The van der Waals surface area contributed by atoms with Crippen LogP contribution >= 0.6 is 0 Å². The van der Waals surface area contributed by atoms with Gasteiger partial charge in [0, 0.05) is 12.1 Å². The molecule has 0 saturated heterocycles. The Morgan fingerprint density at radius 2 is 1.46 bits per heavy atom. The van der Waals surface area contributed by atoms with Crippen molar-refractivity contribution >= 4 is 21.4 Å². The molecule has 0 spiro atoms. The molecule has 3 aromatic carbocycles. The van der Waals surface area contributed by atoms with Gasteiger partial charge in [0.05, 0.1) is 22.1 Å². The molecule has 7 heteroatoms. The van der Waals surface area contributed by atoms with Gasteiger partial charge in [0.15, 0.2) is 0 Å². The first-order valence-electron chi connectivity index (χ1n) is 8.67. The summed E-state index contributed by atoms with van der Waals surface area (Å²) in [5.41, 5.74) is 3.14. The van der Waals surface area contributed by atoms with Crippen LogP contribution in [0, 0.1) is 24.0 Å². The van der Waals surface area contributed by atoms with Gasteiger partial charge in [-0.25, -0.2) is 8.42 Å². The number of hydrogen-bond acceptors (Lipinski definition) is 4. The van der Waals surface area contributed by atoms with Gasteiger partial charge >= 0.3 is 0 Å². The van der Waals surface area contributed by atoms with E-state index in [0.29, 0.717) is 5.69 Å². The molecule has 0 amide bonds. The van der Waals surface area contributed by atoms with E-state index in [4.69, 9.17) is 0 Å². The molecule has 3 aromatic rings. The first-order chi connectivity index (χ1) is 13.3. The molecule has 0 saturated carbocycles. The smallest absolute Gasteiger partial charge is 0.262 e. The van der Waals surface area contributed by atoms with Crippen molar-refractivity contribution in [2.24, 2.45) is 0 Å². The zero-order chi connectivity index (χ0) is 20.3. The summed E-state index contributed by atoms with van der Waals surface area (Å²) < 4.78 is 28.0. The van der Waals surface area contributed by atoms with Crippen LogP contribution in [0.1, 0.15) is 16.7 Å². The number of rotatable bonds is 6. The van der Waals surface area contributed by atoms with Crippen molar-refractivity contribution in [1.29, 1.82) is 0 Å². The summed E-state index contributed by atoms with van der Waals surface area (Å²) in [5, 5.41) is 11.1. The second kappa shape index (κ2) is 7.82. The van der Waals surface area contributed by atoms with Gasteiger partial charge in [0.1, 0.15) is 0 Å². The van der Waals surface area contributed by atoms with Crippen molar-refractivity contribution in [2.75, 3.05) is 4.31 Å². The van der Waals surface area contributed by atoms with E-state index in [1.54, 1.807) is 12.1 Å². The van der Waals surface area contributed by atoms with Gasteiger partial charge in [-0.1, -0.05) is 53.6 Å².